The Balaban J connectivity index is 1.86. The molecule has 0 aliphatic carbocycles. The number of hydrogen-bond donors (Lipinski definition) is 0. The number of aryl methyl sites for hydroxylation is 1. The van der Waals surface area contributed by atoms with Crippen molar-refractivity contribution in [1.82, 2.24) is 14.5 Å². The monoisotopic (exact) mass is 299 g/mol. The zero-order valence-electron chi connectivity index (χ0n) is 12.9. The van der Waals surface area contributed by atoms with Gasteiger partial charge in [0.1, 0.15) is 6.54 Å². The number of fused-ring (bicyclic) bond motifs is 1. The Bertz CT molecular complexity index is 743. The van der Waals surface area contributed by atoms with Gasteiger partial charge in [-0.05, 0) is 31.4 Å². The molecule has 5 heteroatoms. The van der Waals surface area contributed by atoms with E-state index in [9.17, 15) is 9.59 Å². The van der Waals surface area contributed by atoms with Gasteiger partial charge in [-0.25, -0.2) is 4.98 Å². The van der Waals surface area contributed by atoms with Crippen molar-refractivity contribution in [2.45, 2.75) is 39.2 Å². The molecule has 1 amide bonds. The third-order valence-corrected chi connectivity index (χ3v) is 4.32. The molecule has 3 rings (SSSR count). The molecular weight excluding hydrogens is 278 g/mol. The smallest absolute Gasteiger partial charge is 0.261 e. The van der Waals surface area contributed by atoms with Crippen LogP contribution in [0.3, 0.4) is 0 Å². The molecule has 1 fully saturated rings. The highest BCUT2D eigenvalue weighted by atomic mass is 16.2. The van der Waals surface area contributed by atoms with Crippen LogP contribution in [0.1, 0.15) is 31.2 Å². The first-order chi connectivity index (χ1) is 10.7. The molecule has 0 spiro atoms. The van der Waals surface area contributed by atoms with E-state index in [2.05, 4.69) is 4.98 Å². The maximum absolute atomic E-state index is 12.5. The molecule has 1 aliphatic heterocycles. The number of rotatable bonds is 2. The minimum Gasteiger partial charge on any atom is -0.341 e. The summed E-state index contributed by atoms with van der Waals surface area (Å²) < 4.78 is 1.43. The van der Waals surface area contributed by atoms with Gasteiger partial charge in [-0.1, -0.05) is 25.0 Å². The number of hydrogen-bond acceptors (Lipinski definition) is 3. The number of carbonyl (C=O) groups is 1. The molecule has 0 bridgehead atoms. The van der Waals surface area contributed by atoms with Crippen LogP contribution in [0.25, 0.3) is 10.9 Å². The number of para-hydroxylation sites is 1. The Morgan fingerprint density at radius 3 is 2.64 bits per heavy atom. The summed E-state index contributed by atoms with van der Waals surface area (Å²) in [5, 5.41) is 0.575. The average Bonchev–Trinajstić information content (AvgIpc) is 2.80. The number of aromatic nitrogens is 2. The van der Waals surface area contributed by atoms with Crippen LogP contribution in [0.2, 0.25) is 0 Å². The van der Waals surface area contributed by atoms with E-state index in [1.807, 2.05) is 24.0 Å². The van der Waals surface area contributed by atoms with Gasteiger partial charge in [0.15, 0.2) is 0 Å². The molecule has 1 aliphatic rings. The number of likely N-dealkylation sites (tertiary alicyclic amines) is 1. The molecule has 5 nitrogen and oxygen atoms in total. The molecule has 1 saturated heterocycles. The van der Waals surface area contributed by atoms with Gasteiger partial charge < -0.3 is 4.90 Å². The zero-order valence-corrected chi connectivity index (χ0v) is 12.9. The SMILES string of the molecule is Cc1cccc2c(=O)n(CC(=O)N3CCCCCC3)cnc12. The van der Waals surface area contributed by atoms with Crippen LogP contribution >= 0.6 is 0 Å². The maximum atomic E-state index is 12.5. The lowest BCUT2D eigenvalue weighted by molar-refractivity contribution is -0.131. The number of nitrogens with zero attached hydrogens (tertiary/aromatic N) is 3. The average molecular weight is 299 g/mol. The summed E-state index contributed by atoms with van der Waals surface area (Å²) in [5.74, 6) is 0.0119. The summed E-state index contributed by atoms with van der Waals surface area (Å²) in [6.45, 7) is 3.61. The summed E-state index contributed by atoms with van der Waals surface area (Å²) in [5.41, 5.74) is 1.54. The number of amides is 1. The minimum absolute atomic E-state index is 0.0119. The first-order valence-electron chi connectivity index (χ1n) is 7.89. The van der Waals surface area contributed by atoms with Crippen molar-refractivity contribution in [2.75, 3.05) is 13.1 Å². The van der Waals surface area contributed by atoms with Crippen molar-refractivity contribution in [3.63, 3.8) is 0 Å². The Kier molecular flexibility index (Phi) is 4.22. The molecule has 2 heterocycles. The zero-order chi connectivity index (χ0) is 15.5. The Morgan fingerprint density at radius 1 is 1.18 bits per heavy atom. The van der Waals surface area contributed by atoms with E-state index in [-0.39, 0.29) is 18.0 Å². The summed E-state index contributed by atoms with van der Waals surface area (Å²) in [6.07, 6.45) is 5.96. The van der Waals surface area contributed by atoms with E-state index in [1.165, 1.54) is 23.7 Å². The fourth-order valence-electron chi connectivity index (χ4n) is 3.02. The fraction of sp³-hybridized carbons (Fsp3) is 0.471. The van der Waals surface area contributed by atoms with Crippen LogP contribution in [0.15, 0.2) is 29.3 Å². The summed E-state index contributed by atoms with van der Waals surface area (Å²) in [4.78, 5) is 31.2. The van der Waals surface area contributed by atoms with Gasteiger partial charge in [0, 0.05) is 13.1 Å². The second kappa shape index (κ2) is 6.30. The summed E-state index contributed by atoms with van der Waals surface area (Å²) in [6, 6.07) is 5.55. The quantitative estimate of drug-likeness (QED) is 0.853. The van der Waals surface area contributed by atoms with Crippen LogP contribution in [0, 0.1) is 6.92 Å². The van der Waals surface area contributed by atoms with Crippen molar-refractivity contribution in [2.24, 2.45) is 0 Å². The van der Waals surface area contributed by atoms with Crippen LogP contribution in [-0.2, 0) is 11.3 Å². The van der Waals surface area contributed by atoms with Gasteiger partial charge in [-0.2, -0.15) is 0 Å². The molecule has 0 radical (unpaired) electrons. The second-order valence-corrected chi connectivity index (χ2v) is 5.94. The predicted octanol–water partition coefficient (Wildman–Crippen LogP) is 2.11. The third-order valence-electron chi connectivity index (χ3n) is 4.32. The minimum atomic E-state index is -0.142. The number of benzene rings is 1. The van der Waals surface area contributed by atoms with Crippen LogP contribution in [0.5, 0.6) is 0 Å². The molecule has 0 atom stereocenters. The second-order valence-electron chi connectivity index (χ2n) is 5.94. The van der Waals surface area contributed by atoms with Crippen LogP contribution in [-0.4, -0.2) is 33.4 Å². The Labute approximate surface area is 129 Å². The Morgan fingerprint density at radius 2 is 1.91 bits per heavy atom. The normalized spacial score (nSPS) is 15.8. The first-order valence-corrected chi connectivity index (χ1v) is 7.89. The molecule has 1 aromatic heterocycles. The van der Waals surface area contributed by atoms with E-state index < -0.39 is 0 Å². The standard InChI is InChI=1S/C17H21N3O2/c1-13-7-6-8-14-16(13)18-12-20(17(14)22)11-15(21)19-9-4-2-3-5-10-19/h6-8,12H,2-5,9-11H2,1H3. The van der Waals surface area contributed by atoms with Crippen molar-refractivity contribution >= 4 is 16.8 Å². The first kappa shape index (κ1) is 14.8. The van der Waals surface area contributed by atoms with E-state index in [4.69, 9.17) is 0 Å². The molecule has 0 saturated carbocycles. The van der Waals surface area contributed by atoms with Gasteiger partial charge >= 0.3 is 0 Å². The third kappa shape index (κ3) is 2.89. The topological polar surface area (TPSA) is 55.2 Å². The van der Waals surface area contributed by atoms with Gasteiger partial charge in [0.2, 0.25) is 5.91 Å². The largest absolute Gasteiger partial charge is 0.341 e. The van der Waals surface area contributed by atoms with Crippen molar-refractivity contribution in [1.29, 1.82) is 0 Å². The molecule has 2 aromatic rings. The molecule has 22 heavy (non-hydrogen) atoms. The van der Waals surface area contributed by atoms with Crippen molar-refractivity contribution in [3.8, 4) is 0 Å². The van der Waals surface area contributed by atoms with E-state index in [0.29, 0.717) is 10.9 Å². The molecule has 1 aromatic carbocycles. The van der Waals surface area contributed by atoms with E-state index in [0.717, 1.165) is 31.5 Å². The van der Waals surface area contributed by atoms with Gasteiger partial charge in [0.05, 0.1) is 17.2 Å². The highest BCUT2D eigenvalue weighted by Crippen LogP contribution is 2.12. The van der Waals surface area contributed by atoms with Gasteiger partial charge in [-0.15, -0.1) is 0 Å². The molecule has 0 unspecified atom stereocenters. The van der Waals surface area contributed by atoms with E-state index in [1.54, 1.807) is 6.07 Å². The predicted molar refractivity (Wildman–Crippen MR) is 85.8 cm³/mol. The maximum Gasteiger partial charge on any atom is 0.261 e. The summed E-state index contributed by atoms with van der Waals surface area (Å²) in [7, 11) is 0. The summed E-state index contributed by atoms with van der Waals surface area (Å²) >= 11 is 0. The van der Waals surface area contributed by atoms with Crippen LogP contribution < -0.4 is 5.56 Å². The lowest BCUT2D eigenvalue weighted by atomic mass is 10.1. The highest BCUT2D eigenvalue weighted by molar-refractivity contribution is 5.81. The fourth-order valence-corrected chi connectivity index (χ4v) is 3.02. The van der Waals surface area contributed by atoms with E-state index >= 15 is 0 Å². The van der Waals surface area contributed by atoms with Gasteiger partial charge in [0.25, 0.3) is 5.56 Å². The van der Waals surface area contributed by atoms with Gasteiger partial charge in [-0.3, -0.25) is 14.2 Å². The lowest BCUT2D eigenvalue weighted by Crippen LogP contribution is -2.37. The van der Waals surface area contributed by atoms with Crippen molar-refractivity contribution in [3.05, 3.63) is 40.4 Å². The molecular formula is C17H21N3O2. The highest BCUT2D eigenvalue weighted by Gasteiger charge is 2.17. The molecule has 0 N–H and O–H groups in total. The van der Waals surface area contributed by atoms with Crippen LogP contribution in [0.4, 0.5) is 0 Å². The Hall–Kier alpha value is -2.17. The molecule has 116 valence electrons. The lowest BCUT2D eigenvalue weighted by Gasteiger charge is -2.20. The van der Waals surface area contributed by atoms with Crippen molar-refractivity contribution < 1.29 is 4.79 Å². The number of carbonyl (C=O) groups excluding carboxylic acids is 1.